The predicted molar refractivity (Wildman–Crippen MR) is 426 cm³/mol. The van der Waals surface area contributed by atoms with E-state index in [9.17, 15) is 45.3 Å². The molecule has 5 aliphatic carbocycles. The number of ether oxygens (including phenoxy) is 7. The highest BCUT2D eigenvalue weighted by atomic mass is 35.5. The molecule has 8 amide bonds. The molecule has 18 N–H and O–H groups in total. The number of carbonyl (C=O) groups excluding carboxylic acids is 9. The first kappa shape index (κ1) is 84.3. The highest BCUT2D eigenvalue weighted by Crippen LogP contribution is 2.56. The molecule has 6 fully saturated rings. The Morgan fingerprint density at radius 3 is 1.94 bits per heavy atom. The number of nitrogens with one attached hydrogen (secondary N) is 11. The van der Waals surface area contributed by atoms with Gasteiger partial charge in [-0.25, -0.2) is 4.79 Å². The first-order valence-electron chi connectivity index (χ1n) is 40.6. The maximum Gasteiger partial charge on any atom is 0.407 e. The monoisotopic (exact) mass is 1680 g/mol. The molecule has 15 bridgehead atoms. The topological polar surface area (TPSA) is 492 Å². The van der Waals surface area contributed by atoms with Crippen LogP contribution in [0.25, 0.3) is 11.1 Å². The number of halogens is 1. The van der Waals surface area contributed by atoms with Crippen molar-refractivity contribution in [2.45, 2.75) is 170 Å². The lowest BCUT2D eigenvalue weighted by Crippen LogP contribution is -2.65. The van der Waals surface area contributed by atoms with Crippen LogP contribution >= 0.6 is 11.6 Å². The molecule has 6 aromatic carbocycles. The number of carbonyl (C=O) groups is 9. The molecular formula is C85H98ClN11O23. The van der Waals surface area contributed by atoms with Gasteiger partial charge in [0.2, 0.25) is 59.2 Å². The number of hydrogen-bond donors (Lipinski definition) is 18. The Bertz CT molecular complexity index is 4920. The van der Waals surface area contributed by atoms with Gasteiger partial charge < -0.3 is 127 Å². The average Bonchev–Trinajstić information content (AvgIpc) is 1.55. The molecule has 7 heterocycles. The zero-order chi connectivity index (χ0) is 84.9. The SMILES string of the molecule is CCNCCOc1cc(OCCNCC)cc(C(=O)C[C@@H]2NC(=O)[C@H](NC(=O)[C@@H](CC(C)C)NC)[C@H](O)c3ccc(c(Cl)c3)Oc3cc4cc(c3O[C@@H]3O[C@@H]5CNC(=O)O[C@H]5[C@H](O)[C@H]3O)Oc3ccc(cc3)[C@@H](O)[C@@H]3NC(=O)[C@H](NC(=O)[C@@H]4NC2=O)c2ccc4c(c2)-c2c(cc(O)cc2C4(O)O)[C@@H](C(=O)NC2C4CC5CC(C4)CC2C5)NC3=O)c1. The Morgan fingerprint density at radius 1 is 0.642 bits per heavy atom. The molecule has 638 valence electrons. The summed E-state index contributed by atoms with van der Waals surface area (Å²) in [7, 11) is 1.51. The van der Waals surface area contributed by atoms with E-state index in [2.05, 4.69) is 58.5 Å². The Kier molecular flexibility index (Phi) is 24.7. The number of alkyl carbamates (subject to hydrolysis) is 1. The molecule has 12 aliphatic rings. The van der Waals surface area contributed by atoms with Gasteiger partial charge in [-0.2, -0.15) is 0 Å². The van der Waals surface area contributed by atoms with Crippen molar-refractivity contribution in [3.63, 3.8) is 0 Å². The molecule has 14 atom stereocenters. The number of ketones is 1. The molecule has 0 aromatic heterocycles. The van der Waals surface area contributed by atoms with Gasteiger partial charge in [-0.05, 0) is 194 Å². The minimum absolute atomic E-state index is 0.0580. The quantitative estimate of drug-likeness (QED) is 0.0263. The van der Waals surface area contributed by atoms with Crippen LogP contribution in [0.5, 0.6) is 46.0 Å². The summed E-state index contributed by atoms with van der Waals surface area (Å²) in [5, 5.41) is 116. The molecule has 2 saturated heterocycles. The third-order valence-corrected chi connectivity index (χ3v) is 24.2. The second kappa shape index (κ2) is 35.1. The number of hydrogen-bond acceptors (Lipinski definition) is 26. The molecule has 6 aromatic rings. The van der Waals surface area contributed by atoms with Crippen molar-refractivity contribution in [3.05, 3.63) is 153 Å². The molecular weight excluding hydrogens is 1580 g/mol. The lowest BCUT2D eigenvalue weighted by molar-refractivity contribution is -0.275. The van der Waals surface area contributed by atoms with Crippen LogP contribution in [0, 0.1) is 29.6 Å². The summed E-state index contributed by atoms with van der Waals surface area (Å²) < 4.78 is 43.9. The summed E-state index contributed by atoms with van der Waals surface area (Å²) in [6, 6.07) is 7.91. The number of aromatic hydroxyl groups is 1. The number of phenols is 1. The van der Waals surface area contributed by atoms with Gasteiger partial charge >= 0.3 is 6.09 Å². The van der Waals surface area contributed by atoms with E-state index in [0.29, 0.717) is 38.0 Å². The lowest BCUT2D eigenvalue weighted by atomic mass is 9.54. The van der Waals surface area contributed by atoms with E-state index in [1.54, 1.807) is 6.07 Å². The molecule has 18 rings (SSSR count). The fraction of sp³-hybridized carbons (Fsp3) is 0.471. The zero-order valence-electron chi connectivity index (χ0n) is 66.3. The van der Waals surface area contributed by atoms with Crippen molar-refractivity contribution < 1.29 is 112 Å². The van der Waals surface area contributed by atoms with Crippen molar-refractivity contribution >= 4 is 64.8 Å². The number of rotatable bonds is 22. The fourth-order valence-electron chi connectivity index (χ4n) is 18.2. The molecule has 35 heteroatoms. The lowest BCUT2D eigenvalue weighted by Gasteiger charge is -2.54. The molecule has 7 aliphatic heterocycles. The molecule has 0 spiro atoms. The van der Waals surface area contributed by atoms with Crippen molar-refractivity contribution in [2.24, 2.45) is 29.6 Å². The molecule has 120 heavy (non-hydrogen) atoms. The maximum atomic E-state index is 16.7. The van der Waals surface area contributed by atoms with Crippen LogP contribution in [0.1, 0.15) is 152 Å². The van der Waals surface area contributed by atoms with E-state index < -0.39 is 174 Å². The van der Waals surface area contributed by atoms with Gasteiger partial charge in [-0.15, -0.1) is 0 Å². The summed E-state index contributed by atoms with van der Waals surface area (Å²) in [5.41, 5.74) is -1.69. The van der Waals surface area contributed by atoms with Gasteiger partial charge in [-0.1, -0.05) is 69.6 Å². The number of aliphatic hydroxyl groups is 6. The van der Waals surface area contributed by atoms with E-state index >= 15 is 33.6 Å². The summed E-state index contributed by atoms with van der Waals surface area (Å²) in [6.45, 7) is 9.52. The summed E-state index contributed by atoms with van der Waals surface area (Å²) in [6.07, 6.45) is -9.72. The number of amides is 8. The van der Waals surface area contributed by atoms with Crippen molar-refractivity contribution in [1.82, 2.24) is 58.5 Å². The normalized spacial score (nSPS) is 28.4. The van der Waals surface area contributed by atoms with Crippen LogP contribution in [0.15, 0.2) is 103 Å². The maximum absolute atomic E-state index is 16.7. The van der Waals surface area contributed by atoms with Crippen molar-refractivity contribution in [3.8, 4) is 57.1 Å². The van der Waals surface area contributed by atoms with Crippen molar-refractivity contribution in [1.29, 1.82) is 0 Å². The first-order valence-corrected chi connectivity index (χ1v) is 40.9. The third kappa shape index (κ3) is 17.3. The van der Waals surface area contributed by atoms with Crippen LogP contribution in [0.3, 0.4) is 0 Å². The largest absolute Gasteiger partial charge is 0.508 e. The highest BCUT2D eigenvalue weighted by Gasteiger charge is 2.54. The van der Waals surface area contributed by atoms with Gasteiger partial charge in [0.1, 0.15) is 109 Å². The minimum atomic E-state index is -2.95. The van der Waals surface area contributed by atoms with Crippen LogP contribution in [-0.2, 0) is 48.8 Å². The summed E-state index contributed by atoms with van der Waals surface area (Å²) >= 11 is 7.20. The molecule has 4 saturated carbocycles. The Hall–Kier alpha value is -10.8. The minimum Gasteiger partial charge on any atom is -0.508 e. The Morgan fingerprint density at radius 2 is 1.28 bits per heavy atom. The number of phenolic OH excluding ortho intramolecular Hbond substituents is 1. The van der Waals surface area contributed by atoms with E-state index in [1.165, 1.54) is 85.9 Å². The van der Waals surface area contributed by atoms with Crippen LogP contribution in [-0.4, -0.2) is 203 Å². The number of benzene rings is 6. The van der Waals surface area contributed by atoms with E-state index in [-0.39, 0.29) is 134 Å². The zero-order valence-corrected chi connectivity index (χ0v) is 67.1. The second-order valence-electron chi connectivity index (χ2n) is 32.5. The average molecular weight is 1680 g/mol. The number of fused-ring (bicyclic) bond motifs is 13. The standard InChI is InChI=1S/C85H98ClN11O23/c1-6-88-16-18-114-49-26-43(27-50(34-49)115-19-17-89-7-2)58(99)35-57-77(105)93-66-46-30-60(74(119-83-73(103)72(102)75-62(118-83)36-90-84(111)120-75)61(31-46)117-59-15-11-42(29-55(59)86)71(101)69(81(109)91-57)96-76(104)56(87-5)20-37(3)4)116-48-12-8-40(9-13-48)70(100)68-82(110)95-67(80(108)92-64-44-22-38-21-39(24-44)25-45(64)23-38)52-32-47(98)33-54-63(52)51-28-41(10-14-53(51)85(54,112)113)65(78(106)97-68)94-79(66)107/h8-15,26-34,37-39,44-45,56-57,62,64-73,75,83,87-89,98,100-103,112-113H,6-7,16-25,35-36H2,1-5H3,(H,90,111)(H,91,109)(H,92,108)(H,93,105)(H,94,107)(H,95,110)(H,96,104)(H,97,106)/t38?,39?,44?,45?,56-,57+,62-,64?,65-,66-,67+,68+,69-,70-,71-,72-,73-,75-,83+/m1/s1. The summed E-state index contributed by atoms with van der Waals surface area (Å²) in [5.74, 6) is -12.8. The number of Topliss-reactive ketones (excluding diaryl/α,β-unsaturated/α-hetero) is 1. The third-order valence-electron chi connectivity index (χ3n) is 23.9. The molecule has 0 radical (unpaired) electrons. The van der Waals surface area contributed by atoms with Gasteiger partial charge in [-0.3, -0.25) is 38.4 Å². The fourth-order valence-corrected chi connectivity index (χ4v) is 18.4. The van der Waals surface area contributed by atoms with Gasteiger partial charge in [0.05, 0.1) is 17.6 Å². The van der Waals surface area contributed by atoms with Crippen LogP contribution < -0.4 is 82.2 Å². The highest BCUT2D eigenvalue weighted by molar-refractivity contribution is 6.32. The first-order chi connectivity index (χ1) is 57.5. The van der Waals surface area contributed by atoms with E-state index in [4.69, 9.17) is 44.8 Å². The van der Waals surface area contributed by atoms with Gasteiger partial charge in [0.25, 0.3) is 0 Å². The molecule has 0 unspecified atom stereocenters. The van der Waals surface area contributed by atoms with Gasteiger partial charge in [0, 0.05) is 48.3 Å². The van der Waals surface area contributed by atoms with Crippen LogP contribution in [0.4, 0.5) is 4.79 Å². The molecule has 34 nitrogen and oxygen atoms in total. The predicted octanol–water partition coefficient (Wildman–Crippen LogP) is 3.29. The van der Waals surface area contributed by atoms with Gasteiger partial charge in [0.15, 0.2) is 23.4 Å². The van der Waals surface area contributed by atoms with E-state index in [1.807, 2.05) is 27.7 Å². The summed E-state index contributed by atoms with van der Waals surface area (Å²) in [4.78, 5) is 139. The number of likely N-dealkylation sites (N-methyl/N-ethyl adjacent to an activating group) is 3. The Labute approximate surface area is 694 Å². The number of aliphatic hydroxyl groups excluding tert-OH is 4. The smallest absolute Gasteiger partial charge is 0.407 e. The van der Waals surface area contributed by atoms with Crippen LogP contribution in [0.2, 0.25) is 5.02 Å². The van der Waals surface area contributed by atoms with Crippen molar-refractivity contribution in [2.75, 3.05) is 53.0 Å². The van der Waals surface area contributed by atoms with E-state index in [0.717, 1.165) is 50.3 Å². The second-order valence-corrected chi connectivity index (χ2v) is 33.0. The Balaban J connectivity index is 0.912.